The Bertz CT molecular complexity index is 355. The number of thioether (sulfide) groups is 1. The number of carbonyl (C=O) groups excluding carboxylic acids is 1. The molecule has 0 bridgehead atoms. The number of alkyl halides is 9. The summed E-state index contributed by atoms with van der Waals surface area (Å²) in [6.07, 6.45) is -17.1. The van der Waals surface area contributed by atoms with Gasteiger partial charge in [-0.1, -0.05) is 18.7 Å². The molecule has 1 nitrogen and oxygen atoms in total. The maximum absolute atomic E-state index is 13.1. The standard InChI is InChI=1S/C10H11F9OS/c1-2-5(20)21-4-3-8(13,14)6(11)7(12)9(15,16)10(17,18)19/h6-7H,2-4H2,1H3. The van der Waals surface area contributed by atoms with Crippen LogP contribution in [0.15, 0.2) is 0 Å². The molecule has 2 atom stereocenters. The van der Waals surface area contributed by atoms with Crippen LogP contribution in [0, 0.1) is 0 Å². The molecule has 0 saturated carbocycles. The molecule has 0 N–H and O–H groups in total. The van der Waals surface area contributed by atoms with Gasteiger partial charge in [0.2, 0.25) is 12.3 Å². The highest BCUT2D eigenvalue weighted by Gasteiger charge is 2.68. The molecule has 2 unspecified atom stereocenters. The van der Waals surface area contributed by atoms with Crippen LogP contribution in [0.4, 0.5) is 39.5 Å². The number of hydrogen-bond donors (Lipinski definition) is 0. The molecule has 0 amide bonds. The van der Waals surface area contributed by atoms with E-state index in [0.29, 0.717) is 11.8 Å². The van der Waals surface area contributed by atoms with Crippen LogP contribution in [0.5, 0.6) is 0 Å². The third kappa shape index (κ3) is 5.26. The zero-order chi connectivity index (χ0) is 17.1. The summed E-state index contributed by atoms with van der Waals surface area (Å²) in [4.78, 5) is 10.8. The van der Waals surface area contributed by atoms with Gasteiger partial charge < -0.3 is 0 Å². The first-order valence-corrected chi connectivity index (χ1v) is 6.52. The lowest BCUT2D eigenvalue weighted by Crippen LogP contribution is -2.53. The van der Waals surface area contributed by atoms with E-state index in [9.17, 15) is 44.3 Å². The van der Waals surface area contributed by atoms with Gasteiger partial charge in [-0.05, 0) is 0 Å². The van der Waals surface area contributed by atoms with Gasteiger partial charge in [0.05, 0.1) is 0 Å². The Labute approximate surface area is 118 Å². The summed E-state index contributed by atoms with van der Waals surface area (Å²) >= 11 is 0.328. The van der Waals surface area contributed by atoms with Gasteiger partial charge >= 0.3 is 12.1 Å². The second kappa shape index (κ2) is 7.10. The van der Waals surface area contributed by atoms with Crippen molar-refractivity contribution in [2.75, 3.05) is 5.75 Å². The summed E-state index contributed by atoms with van der Waals surface area (Å²) in [6, 6.07) is 0. The topological polar surface area (TPSA) is 17.1 Å². The fourth-order valence-electron chi connectivity index (χ4n) is 1.10. The molecule has 0 aromatic carbocycles. The molecule has 0 aliphatic heterocycles. The van der Waals surface area contributed by atoms with Gasteiger partial charge in [-0.3, -0.25) is 4.79 Å². The van der Waals surface area contributed by atoms with Crippen LogP contribution in [-0.2, 0) is 4.79 Å². The smallest absolute Gasteiger partial charge is 0.287 e. The summed E-state index contributed by atoms with van der Waals surface area (Å²) < 4.78 is 112. The Hall–Kier alpha value is -0.610. The number of carbonyl (C=O) groups is 1. The largest absolute Gasteiger partial charge is 0.456 e. The van der Waals surface area contributed by atoms with E-state index in [0.717, 1.165) is 0 Å². The first-order valence-electron chi connectivity index (χ1n) is 5.53. The van der Waals surface area contributed by atoms with Crippen molar-refractivity contribution in [1.29, 1.82) is 0 Å². The van der Waals surface area contributed by atoms with Crippen LogP contribution in [0.2, 0.25) is 0 Å². The normalized spacial score (nSPS) is 16.7. The summed E-state index contributed by atoms with van der Waals surface area (Å²) in [5, 5.41) is -0.557. The van der Waals surface area contributed by atoms with E-state index in [1.54, 1.807) is 0 Å². The molecule has 0 radical (unpaired) electrons. The third-order valence-corrected chi connectivity index (χ3v) is 3.39. The SMILES string of the molecule is CCC(=O)SCCC(F)(F)C(F)C(F)C(F)(F)C(F)(F)F. The molecule has 126 valence electrons. The molecule has 0 aromatic rings. The van der Waals surface area contributed by atoms with Crippen molar-refractivity contribution in [3.63, 3.8) is 0 Å². The van der Waals surface area contributed by atoms with E-state index in [2.05, 4.69) is 0 Å². The second-order valence-corrected chi connectivity index (χ2v) is 5.16. The van der Waals surface area contributed by atoms with E-state index in [1.165, 1.54) is 6.92 Å². The van der Waals surface area contributed by atoms with Crippen LogP contribution in [0.3, 0.4) is 0 Å². The van der Waals surface area contributed by atoms with Crippen LogP contribution >= 0.6 is 11.8 Å². The maximum atomic E-state index is 13.1. The summed E-state index contributed by atoms with van der Waals surface area (Å²) in [7, 11) is 0. The van der Waals surface area contributed by atoms with E-state index in [1.807, 2.05) is 0 Å². The summed E-state index contributed by atoms with van der Waals surface area (Å²) in [6.45, 7) is 1.40. The van der Waals surface area contributed by atoms with Crippen LogP contribution in [-0.4, -0.2) is 41.2 Å². The fraction of sp³-hybridized carbons (Fsp3) is 0.900. The highest BCUT2D eigenvalue weighted by Crippen LogP contribution is 2.44. The zero-order valence-electron chi connectivity index (χ0n) is 10.5. The fourth-order valence-corrected chi connectivity index (χ4v) is 1.90. The minimum atomic E-state index is -6.49. The average Bonchev–Trinajstić information content (AvgIpc) is 2.34. The van der Waals surface area contributed by atoms with Gasteiger partial charge in [-0.15, -0.1) is 0 Å². The molecule has 11 heteroatoms. The van der Waals surface area contributed by atoms with Crippen molar-refractivity contribution in [2.24, 2.45) is 0 Å². The first-order chi connectivity index (χ1) is 9.27. The van der Waals surface area contributed by atoms with Crippen molar-refractivity contribution in [3.05, 3.63) is 0 Å². The van der Waals surface area contributed by atoms with E-state index in [-0.39, 0.29) is 6.42 Å². The monoisotopic (exact) mass is 350 g/mol. The van der Waals surface area contributed by atoms with Gasteiger partial charge in [0.1, 0.15) is 0 Å². The second-order valence-electron chi connectivity index (χ2n) is 4.01. The van der Waals surface area contributed by atoms with Gasteiger partial charge in [-0.25, -0.2) is 17.6 Å². The van der Waals surface area contributed by atoms with Crippen molar-refractivity contribution >= 4 is 16.9 Å². The molecule has 0 aliphatic rings. The summed E-state index contributed by atoms with van der Waals surface area (Å²) in [5.74, 6) is -11.7. The lowest BCUT2D eigenvalue weighted by molar-refractivity contribution is -0.317. The maximum Gasteiger partial charge on any atom is 0.456 e. The number of hydrogen-bond acceptors (Lipinski definition) is 2. The average molecular weight is 350 g/mol. The Kier molecular flexibility index (Phi) is 6.89. The molecule has 21 heavy (non-hydrogen) atoms. The van der Waals surface area contributed by atoms with Crippen LogP contribution in [0.25, 0.3) is 0 Å². The van der Waals surface area contributed by atoms with Crippen molar-refractivity contribution < 1.29 is 44.3 Å². The minimum Gasteiger partial charge on any atom is -0.287 e. The highest BCUT2D eigenvalue weighted by atomic mass is 32.2. The predicted octanol–water partition coefficient (Wildman–Crippen LogP) is 4.56. The Morgan fingerprint density at radius 2 is 1.48 bits per heavy atom. The zero-order valence-corrected chi connectivity index (χ0v) is 11.3. The van der Waals surface area contributed by atoms with E-state index >= 15 is 0 Å². The van der Waals surface area contributed by atoms with E-state index in [4.69, 9.17) is 0 Å². The van der Waals surface area contributed by atoms with Crippen molar-refractivity contribution in [1.82, 2.24) is 0 Å². The van der Waals surface area contributed by atoms with Gasteiger partial charge in [0.25, 0.3) is 5.92 Å². The van der Waals surface area contributed by atoms with E-state index < -0.39 is 47.7 Å². The highest BCUT2D eigenvalue weighted by molar-refractivity contribution is 8.13. The molecule has 0 spiro atoms. The molecular formula is C10H11F9OS. The number of halogens is 9. The predicted molar refractivity (Wildman–Crippen MR) is 58.1 cm³/mol. The van der Waals surface area contributed by atoms with Crippen molar-refractivity contribution in [3.8, 4) is 0 Å². The van der Waals surface area contributed by atoms with Gasteiger partial charge in [0.15, 0.2) is 5.12 Å². The quantitative estimate of drug-likeness (QED) is 0.627. The lowest BCUT2D eigenvalue weighted by Gasteiger charge is -2.29. The molecule has 0 rings (SSSR count). The lowest BCUT2D eigenvalue weighted by atomic mass is 10.0. The molecular weight excluding hydrogens is 339 g/mol. The van der Waals surface area contributed by atoms with Crippen LogP contribution < -0.4 is 0 Å². The van der Waals surface area contributed by atoms with Gasteiger partial charge in [0, 0.05) is 18.6 Å². The molecule has 0 aliphatic carbocycles. The summed E-state index contributed by atoms with van der Waals surface area (Å²) in [5.41, 5.74) is 0. The molecule has 0 fully saturated rings. The van der Waals surface area contributed by atoms with Crippen LogP contribution in [0.1, 0.15) is 19.8 Å². The third-order valence-electron chi connectivity index (χ3n) is 2.37. The Morgan fingerprint density at radius 1 is 1.00 bits per heavy atom. The number of rotatable bonds is 7. The molecule has 0 saturated heterocycles. The Balaban J connectivity index is 4.81. The Morgan fingerprint density at radius 3 is 1.86 bits per heavy atom. The first kappa shape index (κ1) is 20.4. The molecule has 0 heterocycles. The van der Waals surface area contributed by atoms with Gasteiger partial charge in [-0.2, -0.15) is 22.0 Å². The minimum absolute atomic E-state index is 0.0346. The van der Waals surface area contributed by atoms with Crippen molar-refractivity contribution in [2.45, 2.75) is 50.1 Å². The molecule has 0 aromatic heterocycles.